The molecule has 3 rings (SSSR count). The Kier molecular flexibility index (Phi) is 2.88. The van der Waals surface area contributed by atoms with Crippen LogP contribution in [0.25, 0.3) is 22.0 Å². The Balaban J connectivity index is 2.33. The fraction of sp³-hybridized carbons (Fsp3) is 0.0625. The highest BCUT2D eigenvalue weighted by atomic mass is 35.5. The topological polar surface area (TPSA) is 32.9 Å². The highest BCUT2D eigenvalue weighted by Crippen LogP contribution is 2.30. The van der Waals surface area contributed by atoms with Crippen LogP contribution in [-0.4, -0.2) is 4.98 Å². The molecule has 0 atom stereocenters. The van der Waals surface area contributed by atoms with Crippen LogP contribution in [0, 0.1) is 6.92 Å². The van der Waals surface area contributed by atoms with E-state index >= 15 is 0 Å². The minimum Gasteiger partial charge on any atom is -0.320 e. The summed E-state index contributed by atoms with van der Waals surface area (Å²) in [5.41, 5.74) is 2.64. The smallest absolute Gasteiger partial charge is 0.256 e. The van der Waals surface area contributed by atoms with Crippen molar-refractivity contribution in [2.75, 3.05) is 0 Å². The van der Waals surface area contributed by atoms with Crippen LogP contribution < -0.4 is 5.56 Å². The van der Waals surface area contributed by atoms with Gasteiger partial charge in [0.2, 0.25) is 0 Å². The van der Waals surface area contributed by atoms with E-state index in [1.165, 1.54) is 5.56 Å². The summed E-state index contributed by atoms with van der Waals surface area (Å²) < 4.78 is 0. The molecule has 94 valence electrons. The number of hydrogen-bond acceptors (Lipinski definition) is 1. The Bertz CT molecular complexity index is 803. The van der Waals surface area contributed by atoms with Crippen molar-refractivity contribution < 1.29 is 0 Å². The molecule has 2 aromatic carbocycles. The molecular formula is C16H12ClNO. The van der Waals surface area contributed by atoms with E-state index in [2.05, 4.69) is 4.98 Å². The summed E-state index contributed by atoms with van der Waals surface area (Å²) >= 11 is 6.42. The molecule has 0 saturated heterocycles. The lowest BCUT2D eigenvalue weighted by molar-refractivity contribution is 1.27. The van der Waals surface area contributed by atoms with Gasteiger partial charge >= 0.3 is 0 Å². The van der Waals surface area contributed by atoms with Gasteiger partial charge in [0.25, 0.3) is 5.56 Å². The molecule has 0 radical (unpaired) electrons. The number of fused-ring (bicyclic) bond motifs is 1. The number of H-pyrrole nitrogens is 1. The highest BCUT2D eigenvalue weighted by molar-refractivity contribution is 6.37. The fourth-order valence-electron chi connectivity index (χ4n) is 2.16. The molecule has 0 aliphatic carbocycles. The molecule has 0 spiro atoms. The minimum atomic E-state index is -0.115. The lowest BCUT2D eigenvalue weighted by Gasteiger charge is -2.08. The van der Waals surface area contributed by atoms with Gasteiger partial charge in [0, 0.05) is 10.8 Å². The van der Waals surface area contributed by atoms with Crippen molar-refractivity contribution in [2.24, 2.45) is 0 Å². The SMILES string of the molecule is Cc1ccc(-c2[nH]c(=O)c3ccccc3c2Cl)cc1. The molecule has 3 aromatic rings. The van der Waals surface area contributed by atoms with Gasteiger partial charge in [-0.25, -0.2) is 0 Å². The average molecular weight is 270 g/mol. The number of aromatic amines is 1. The summed E-state index contributed by atoms with van der Waals surface area (Å²) in [6.45, 7) is 2.02. The van der Waals surface area contributed by atoms with Gasteiger partial charge in [-0.3, -0.25) is 4.79 Å². The molecule has 1 heterocycles. The van der Waals surface area contributed by atoms with Crippen LogP contribution in [0.5, 0.6) is 0 Å². The highest BCUT2D eigenvalue weighted by Gasteiger charge is 2.10. The largest absolute Gasteiger partial charge is 0.320 e. The van der Waals surface area contributed by atoms with Gasteiger partial charge in [-0.2, -0.15) is 0 Å². The normalized spacial score (nSPS) is 10.8. The Hall–Kier alpha value is -2.06. The van der Waals surface area contributed by atoms with Crippen molar-refractivity contribution in [1.82, 2.24) is 4.98 Å². The van der Waals surface area contributed by atoms with Gasteiger partial charge in [-0.15, -0.1) is 0 Å². The monoisotopic (exact) mass is 269 g/mol. The second-order valence-electron chi connectivity index (χ2n) is 4.55. The number of aryl methyl sites for hydroxylation is 1. The molecule has 0 bridgehead atoms. The van der Waals surface area contributed by atoms with E-state index in [-0.39, 0.29) is 5.56 Å². The second-order valence-corrected chi connectivity index (χ2v) is 4.93. The maximum atomic E-state index is 12.1. The van der Waals surface area contributed by atoms with Crippen LogP contribution in [0.15, 0.2) is 53.3 Å². The standard InChI is InChI=1S/C16H12ClNO/c1-10-6-8-11(9-7-10)15-14(17)12-4-2-3-5-13(12)16(19)18-15/h2-9H,1H3,(H,18,19). The van der Waals surface area contributed by atoms with Crippen molar-refractivity contribution in [3.8, 4) is 11.3 Å². The van der Waals surface area contributed by atoms with E-state index in [0.717, 1.165) is 10.9 Å². The minimum absolute atomic E-state index is 0.115. The molecule has 1 N–H and O–H groups in total. The third-order valence-electron chi connectivity index (χ3n) is 3.21. The van der Waals surface area contributed by atoms with Crippen LogP contribution in [-0.2, 0) is 0 Å². The molecule has 2 nitrogen and oxygen atoms in total. The van der Waals surface area contributed by atoms with Crippen molar-refractivity contribution in [1.29, 1.82) is 0 Å². The van der Waals surface area contributed by atoms with E-state index in [4.69, 9.17) is 11.6 Å². The zero-order valence-electron chi connectivity index (χ0n) is 10.4. The molecule has 0 saturated carbocycles. The maximum Gasteiger partial charge on any atom is 0.256 e. The van der Waals surface area contributed by atoms with E-state index < -0.39 is 0 Å². The molecular weight excluding hydrogens is 258 g/mol. The molecule has 0 fully saturated rings. The Labute approximate surface area is 115 Å². The number of nitrogens with one attached hydrogen (secondary N) is 1. The number of hydrogen-bond donors (Lipinski definition) is 1. The molecule has 0 unspecified atom stereocenters. The molecule has 0 aliphatic heterocycles. The third-order valence-corrected chi connectivity index (χ3v) is 3.60. The predicted molar refractivity (Wildman–Crippen MR) is 79.8 cm³/mol. The summed E-state index contributed by atoms with van der Waals surface area (Å²) in [6.07, 6.45) is 0. The number of benzene rings is 2. The Morgan fingerprint density at radius 3 is 2.26 bits per heavy atom. The van der Waals surface area contributed by atoms with Gasteiger partial charge < -0.3 is 4.98 Å². The zero-order chi connectivity index (χ0) is 13.4. The Morgan fingerprint density at radius 1 is 0.947 bits per heavy atom. The van der Waals surface area contributed by atoms with Crippen LogP contribution >= 0.6 is 11.6 Å². The van der Waals surface area contributed by atoms with Gasteiger partial charge in [0.1, 0.15) is 0 Å². The summed E-state index contributed by atoms with van der Waals surface area (Å²) in [4.78, 5) is 14.9. The second kappa shape index (κ2) is 4.56. The number of aromatic nitrogens is 1. The van der Waals surface area contributed by atoms with Gasteiger partial charge in [-0.1, -0.05) is 59.6 Å². The maximum absolute atomic E-state index is 12.1. The lowest BCUT2D eigenvalue weighted by Crippen LogP contribution is -2.08. The third kappa shape index (κ3) is 2.04. The van der Waals surface area contributed by atoms with E-state index in [1.54, 1.807) is 6.07 Å². The quantitative estimate of drug-likeness (QED) is 0.707. The molecule has 1 aromatic heterocycles. The average Bonchev–Trinajstić information content (AvgIpc) is 2.44. The van der Waals surface area contributed by atoms with Crippen molar-refractivity contribution in [3.63, 3.8) is 0 Å². The summed E-state index contributed by atoms with van der Waals surface area (Å²) in [6, 6.07) is 15.3. The van der Waals surface area contributed by atoms with Gasteiger partial charge in [0.05, 0.1) is 10.7 Å². The van der Waals surface area contributed by atoms with E-state index in [9.17, 15) is 4.79 Å². The van der Waals surface area contributed by atoms with Crippen LogP contribution in [0.4, 0.5) is 0 Å². The van der Waals surface area contributed by atoms with Crippen molar-refractivity contribution >= 4 is 22.4 Å². The summed E-state index contributed by atoms with van der Waals surface area (Å²) in [5, 5.41) is 1.98. The van der Waals surface area contributed by atoms with Gasteiger partial charge in [-0.05, 0) is 18.6 Å². The van der Waals surface area contributed by atoms with E-state index in [1.807, 2.05) is 49.4 Å². The van der Waals surface area contributed by atoms with Crippen LogP contribution in [0.1, 0.15) is 5.56 Å². The Morgan fingerprint density at radius 2 is 1.58 bits per heavy atom. The number of rotatable bonds is 1. The first-order valence-corrected chi connectivity index (χ1v) is 6.42. The van der Waals surface area contributed by atoms with Gasteiger partial charge in [0.15, 0.2) is 0 Å². The van der Waals surface area contributed by atoms with Crippen LogP contribution in [0.2, 0.25) is 5.02 Å². The van der Waals surface area contributed by atoms with Crippen LogP contribution in [0.3, 0.4) is 0 Å². The first-order valence-electron chi connectivity index (χ1n) is 6.04. The van der Waals surface area contributed by atoms with Crippen molar-refractivity contribution in [3.05, 3.63) is 69.5 Å². The summed E-state index contributed by atoms with van der Waals surface area (Å²) in [5.74, 6) is 0. The molecule has 0 amide bonds. The van der Waals surface area contributed by atoms with E-state index in [0.29, 0.717) is 16.1 Å². The number of pyridine rings is 1. The van der Waals surface area contributed by atoms with Crippen molar-refractivity contribution in [2.45, 2.75) is 6.92 Å². The first-order chi connectivity index (χ1) is 9.16. The predicted octanol–water partition coefficient (Wildman–Crippen LogP) is 4.16. The molecule has 19 heavy (non-hydrogen) atoms. The first kappa shape index (κ1) is 12.0. The fourth-order valence-corrected chi connectivity index (χ4v) is 2.48. The zero-order valence-corrected chi connectivity index (χ0v) is 11.2. The summed E-state index contributed by atoms with van der Waals surface area (Å²) in [7, 11) is 0. The lowest BCUT2D eigenvalue weighted by atomic mass is 10.1. The molecule has 0 aliphatic rings. The number of halogens is 1. The molecule has 3 heteroatoms.